The quantitative estimate of drug-likeness (QED) is 0.767. The third-order valence-electron chi connectivity index (χ3n) is 3.02. The molecular formula is C15H22N2O4. The van der Waals surface area contributed by atoms with Crippen LogP contribution in [0, 0.1) is 0 Å². The molecule has 0 saturated heterocycles. The van der Waals surface area contributed by atoms with Crippen LogP contribution in [0.1, 0.15) is 24.5 Å². The molecule has 1 aromatic carbocycles. The summed E-state index contributed by atoms with van der Waals surface area (Å²) in [5, 5.41) is 11.4. The van der Waals surface area contributed by atoms with E-state index in [0.717, 1.165) is 11.1 Å². The van der Waals surface area contributed by atoms with Crippen molar-refractivity contribution in [1.82, 2.24) is 10.2 Å². The first-order chi connectivity index (χ1) is 10.0. The Kier molecular flexibility index (Phi) is 7.25. The van der Waals surface area contributed by atoms with Crippen molar-refractivity contribution in [1.29, 1.82) is 0 Å². The first-order valence-corrected chi connectivity index (χ1v) is 6.89. The van der Waals surface area contributed by atoms with E-state index < -0.39 is 5.97 Å². The molecule has 0 aliphatic heterocycles. The molecule has 2 N–H and O–H groups in total. The van der Waals surface area contributed by atoms with Crippen LogP contribution in [-0.2, 0) is 22.7 Å². The molecule has 0 aliphatic rings. The fourth-order valence-electron chi connectivity index (χ4n) is 1.75. The molecular weight excluding hydrogens is 272 g/mol. The molecule has 0 spiro atoms. The van der Waals surface area contributed by atoms with Gasteiger partial charge in [-0.1, -0.05) is 24.3 Å². The number of carbonyl (C=O) groups excluding carboxylic acids is 1. The lowest BCUT2D eigenvalue weighted by molar-refractivity contribution is -0.137. The molecule has 0 unspecified atom stereocenters. The molecule has 0 atom stereocenters. The van der Waals surface area contributed by atoms with Gasteiger partial charge in [0.2, 0.25) is 0 Å². The van der Waals surface area contributed by atoms with Gasteiger partial charge in [0.1, 0.15) is 0 Å². The van der Waals surface area contributed by atoms with Crippen LogP contribution < -0.4 is 5.32 Å². The maximum Gasteiger partial charge on any atom is 0.317 e. The van der Waals surface area contributed by atoms with E-state index in [4.69, 9.17) is 9.84 Å². The predicted molar refractivity (Wildman–Crippen MR) is 78.9 cm³/mol. The molecule has 0 aliphatic carbocycles. The van der Waals surface area contributed by atoms with Crippen molar-refractivity contribution >= 4 is 12.0 Å². The summed E-state index contributed by atoms with van der Waals surface area (Å²) >= 11 is 0. The second-order valence-electron chi connectivity index (χ2n) is 4.63. The molecule has 1 aromatic rings. The molecule has 0 saturated carbocycles. The number of hydrogen-bond donors (Lipinski definition) is 2. The predicted octanol–water partition coefficient (Wildman–Crippen LogP) is 1.84. The minimum Gasteiger partial charge on any atom is -0.481 e. The lowest BCUT2D eigenvalue weighted by Gasteiger charge is -2.17. The summed E-state index contributed by atoms with van der Waals surface area (Å²) in [6, 6.07) is 7.45. The maximum atomic E-state index is 11.8. The number of aliphatic carboxylic acids is 1. The highest BCUT2D eigenvalue weighted by Gasteiger charge is 2.10. The fraction of sp³-hybridized carbons (Fsp3) is 0.467. The molecule has 2 amide bonds. The molecule has 0 heterocycles. The van der Waals surface area contributed by atoms with Crippen molar-refractivity contribution in [2.75, 3.05) is 20.2 Å². The highest BCUT2D eigenvalue weighted by molar-refractivity contribution is 5.75. The van der Waals surface area contributed by atoms with Crippen molar-refractivity contribution in [2.45, 2.75) is 26.5 Å². The number of hydrogen-bond acceptors (Lipinski definition) is 3. The zero-order valence-electron chi connectivity index (χ0n) is 12.5. The third-order valence-corrected chi connectivity index (χ3v) is 3.02. The number of amides is 2. The zero-order chi connectivity index (χ0) is 15.7. The lowest BCUT2D eigenvalue weighted by atomic mass is 10.1. The fourth-order valence-corrected chi connectivity index (χ4v) is 1.75. The number of ether oxygens (including phenoxy) is 1. The maximum absolute atomic E-state index is 11.8. The monoisotopic (exact) mass is 294 g/mol. The van der Waals surface area contributed by atoms with Gasteiger partial charge in [0.25, 0.3) is 0 Å². The van der Waals surface area contributed by atoms with Gasteiger partial charge < -0.3 is 20.1 Å². The van der Waals surface area contributed by atoms with Crippen LogP contribution in [-0.4, -0.2) is 42.2 Å². The zero-order valence-corrected chi connectivity index (χ0v) is 12.5. The number of carbonyl (C=O) groups is 2. The number of urea groups is 1. The second kappa shape index (κ2) is 8.97. The van der Waals surface area contributed by atoms with Gasteiger partial charge in [-0.15, -0.1) is 0 Å². The summed E-state index contributed by atoms with van der Waals surface area (Å²) in [6.07, 6.45) is -0.0646. The Bertz CT molecular complexity index is 476. The molecule has 116 valence electrons. The van der Waals surface area contributed by atoms with Gasteiger partial charge in [0, 0.05) is 26.7 Å². The average molecular weight is 294 g/mol. The topological polar surface area (TPSA) is 78.9 Å². The van der Waals surface area contributed by atoms with E-state index in [0.29, 0.717) is 19.8 Å². The minimum absolute atomic E-state index is 0.0646. The van der Waals surface area contributed by atoms with E-state index in [2.05, 4.69) is 5.32 Å². The second-order valence-corrected chi connectivity index (χ2v) is 4.63. The molecule has 6 heteroatoms. The number of nitrogens with one attached hydrogen (secondary N) is 1. The van der Waals surface area contributed by atoms with Gasteiger partial charge in [-0.25, -0.2) is 4.79 Å². The molecule has 1 rings (SSSR count). The van der Waals surface area contributed by atoms with E-state index in [-0.39, 0.29) is 19.0 Å². The number of benzene rings is 1. The van der Waals surface area contributed by atoms with Crippen LogP contribution in [0.4, 0.5) is 4.79 Å². The van der Waals surface area contributed by atoms with E-state index in [1.807, 2.05) is 31.2 Å². The van der Waals surface area contributed by atoms with Crippen LogP contribution in [0.3, 0.4) is 0 Å². The summed E-state index contributed by atoms with van der Waals surface area (Å²) in [5.74, 6) is -0.920. The van der Waals surface area contributed by atoms with Gasteiger partial charge in [-0.3, -0.25) is 4.79 Å². The molecule has 0 fully saturated rings. The van der Waals surface area contributed by atoms with Crippen LogP contribution in [0.15, 0.2) is 24.3 Å². The first kappa shape index (κ1) is 17.0. The van der Waals surface area contributed by atoms with Crippen LogP contribution >= 0.6 is 0 Å². The summed E-state index contributed by atoms with van der Waals surface area (Å²) in [5.41, 5.74) is 2.03. The van der Waals surface area contributed by atoms with E-state index in [1.54, 1.807) is 7.05 Å². The van der Waals surface area contributed by atoms with Crippen LogP contribution in [0.25, 0.3) is 0 Å². The van der Waals surface area contributed by atoms with Crippen molar-refractivity contribution in [3.63, 3.8) is 0 Å². The Morgan fingerprint density at radius 1 is 1.29 bits per heavy atom. The number of carboxylic acids is 1. The number of rotatable bonds is 8. The number of carboxylic acid groups (broad SMARTS) is 1. The SMILES string of the molecule is CCOCc1ccccc1CNC(=O)N(C)CCC(=O)O. The summed E-state index contributed by atoms with van der Waals surface area (Å²) in [7, 11) is 1.57. The average Bonchev–Trinajstić information content (AvgIpc) is 2.48. The largest absolute Gasteiger partial charge is 0.481 e. The molecule has 21 heavy (non-hydrogen) atoms. The highest BCUT2D eigenvalue weighted by atomic mass is 16.5. The van der Waals surface area contributed by atoms with Gasteiger partial charge in [-0.2, -0.15) is 0 Å². The Hall–Kier alpha value is -2.08. The van der Waals surface area contributed by atoms with E-state index in [1.165, 1.54) is 4.90 Å². The smallest absolute Gasteiger partial charge is 0.317 e. The Labute approximate surface area is 124 Å². The summed E-state index contributed by atoms with van der Waals surface area (Å²) in [6.45, 7) is 3.65. The summed E-state index contributed by atoms with van der Waals surface area (Å²) < 4.78 is 5.39. The standard InChI is InChI=1S/C15H22N2O4/c1-3-21-11-13-7-5-4-6-12(13)10-16-15(20)17(2)9-8-14(18)19/h4-7H,3,8-11H2,1-2H3,(H,16,20)(H,18,19). The van der Waals surface area contributed by atoms with Crippen molar-refractivity contribution in [3.05, 3.63) is 35.4 Å². The molecule has 6 nitrogen and oxygen atoms in total. The van der Waals surface area contributed by atoms with Crippen LogP contribution in [0.2, 0.25) is 0 Å². The van der Waals surface area contributed by atoms with E-state index in [9.17, 15) is 9.59 Å². The van der Waals surface area contributed by atoms with Gasteiger partial charge in [-0.05, 0) is 18.1 Å². The number of nitrogens with zero attached hydrogens (tertiary/aromatic N) is 1. The Morgan fingerprint density at radius 2 is 1.95 bits per heavy atom. The van der Waals surface area contributed by atoms with Crippen LogP contribution in [0.5, 0.6) is 0 Å². The molecule has 0 bridgehead atoms. The van der Waals surface area contributed by atoms with Gasteiger partial charge in [0.05, 0.1) is 13.0 Å². The van der Waals surface area contributed by atoms with Gasteiger partial charge in [0.15, 0.2) is 0 Å². The van der Waals surface area contributed by atoms with Gasteiger partial charge >= 0.3 is 12.0 Å². The minimum atomic E-state index is -0.920. The first-order valence-electron chi connectivity index (χ1n) is 6.89. The van der Waals surface area contributed by atoms with Crippen molar-refractivity contribution < 1.29 is 19.4 Å². The third kappa shape index (κ3) is 6.27. The van der Waals surface area contributed by atoms with Crippen molar-refractivity contribution in [3.8, 4) is 0 Å². The Morgan fingerprint density at radius 3 is 2.57 bits per heavy atom. The highest BCUT2D eigenvalue weighted by Crippen LogP contribution is 2.10. The molecule has 0 radical (unpaired) electrons. The summed E-state index contributed by atoms with van der Waals surface area (Å²) in [4.78, 5) is 23.7. The van der Waals surface area contributed by atoms with E-state index >= 15 is 0 Å². The Balaban J connectivity index is 2.50. The van der Waals surface area contributed by atoms with Crippen molar-refractivity contribution in [2.24, 2.45) is 0 Å². The lowest BCUT2D eigenvalue weighted by Crippen LogP contribution is -2.38. The molecule has 0 aromatic heterocycles. The normalized spacial score (nSPS) is 10.2.